The molecule has 2 aromatic carbocycles. The number of anilines is 2. The molecular formula is C18H20N2O3. The maximum atomic E-state index is 12.1. The lowest BCUT2D eigenvalue weighted by Crippen LogP contribution is -2.23. The molecule has 0 aliphatic rings. The minimum Gasteiger partial charge on any atom is -0.497 e. The first-order chi connectivity index (χ1) is 11.0. The monoisotopic (exact) mass is 312 g/mol. The van der Waals surface area contributed by atoms with Crippen molar-refractivity contribution in [2.75, 3.05) is 24.4 Å². The molecule has 0 aliphatic heterocycles. The van der Waals surface area contributed by atoms with Crippen molar-refractivity contribution in [1.82, 2.24) is 0 Å². The summed E-state index contributed by atoms with van der Waals surface area (Å²) in [6, 6.07) is 14.6. The van der Waals surface area contributed by atoms with Crippen molar-refractivity contribution in [2.24, 2.45) is 0 Å². The van der Waals surface area contributed by atoms with Gasteiger partial charge in [0.2, 0.25) is 11.8 Å². The van der Waals surface area contributed by atoms with Crippen molar-refractivity contribution in [1.29, 1.82) is 0 Å². The number of nitrogens with one attached hydrogen (secondary N) is 1. The fourth-order valence-electron chi connectivity index (χ4n) is 2.11. The van der Waals surface area contributed by atoms with Gasteiger partial charge in [-0.25, -0.2) is 0 Å². The van der Waals surface area contributed by atoms with Crippen LogP contribution in [-0.2, 0) is 16.0 Å². The summed E-state index contributed by atoms with van der Waals surface area (Å²) in [6.45, 7) is 1.49. The van der Waals surface area contributed by atoms with E-state index in [1.165, 1.54) is 11.8 Å². The molecule has 2 rings (SSSR count). The molecule has 120 valence electrons. The number of ether oxygens (including phenoxy) is 1. The summed E-state index contributed by atoms with van der Waals surface area (Å²) in [7, 11) is 3.30. The lowest BCUT2D eigenvalue weighted by molar-refractivity contribution is -0.116. The van der Waals surface area contributed by atoms with Gasteiger partial charge in [0.1, 0.15) is 5.75 Å². The predicted molar refractivity (Wildman–Crippen MR) is 90.9 cm³/mol. The predicted octanol–water partition coefficient (Wildman–Crippen LogP) is 2.86. The zero-order valence-corrected chi connectivity index (χ0v) is 13.5. The molecule has 0 radical (unpaired) electrons. The summed E-state index contributed by atoms with van der Waals surface area (Å²) in [4.78, 5) is 25.1. The molecule has 2 amide bonds. The third-order valence-electron chi connectivity index (χ3n) is 3.51. The van der Waals surface area contributed by atoms with Crippen LogP contribution in [0.3, 0.4) is 0 Å². The van der Waals surface area contributed by atoms with Crippen LogP contribution in [0.4, 0.5) is 11.4 Å². The quantitative estimate of drug-likeness (QED) is 0.923. The molecular weight excluding hydrogens is 292 g/mol. The highest BCUT2D eigenvalue weighted by Gasteiger charge is 2.08. The topological polar surface area (TPSA) is 58.6 Å². The Balaban J connectivity index is 2.02. The van der Waals surface area contributed by atoms with E-state index >= 15 is 0 Å². The molecule has 23 heavy (non-hydrogen) atoms. The summed E-state index contributed by atoms with van der Waals surface area (Å²) in [5.41, 5.74) is 2.30. The number of hydrogen-bond acceptors (Lipinski definition) is 3. The van der Waals surface area contributed by atoms with Gasteiger partial charge in [0.25, 0.3) is 0 Å². The SMILES string of the molecule is COc1ccc(CC(=O)Nc2cccc(N(C)C(C)=O)c2)cc1. The summed E-state index contributed by atoms with van der Waals surface area (Å²) in [6.07, 6.45) is 0.275. The maximum Gasteiger partial charge on any atom is 0.228 e. The zero-order valence-electron chi connectivity index (χ0n) is 13.5. The van der Waals surface area contributed by atoms with Gasteiger partial charge in [-0.1, -0.05) is 18.2 Å². The van der Waals surface area contributed by atoms with Gasteiger partial charge in [-0.3, -0.25) is 9.59 Å². The normalized spacial score (nSPS) is 10.0. The highest BCUT2D eigenvalue weighted by Crippen LogP contribution is 2.19. The Morgan fingerprint density at radius 1 is 1.13 bits per heavy atom. The first kappa shape index (κ1) is 16.5. The first-order valence-corrected chi connectivity index (χ1v) is 7.26. The average Bonchev–Trinajstić information content (AvgIpc) is 2.55. The van der Waals surface area contributed by atoms with Gasteiger partial charge >= 0.3 is 0 Å². The number of benzene rings is 2. The zero-order chi connectivity index (χ0) is 16.8. The minimum atomic E-state index is -0.113. The lowest BCUT2D eigenvalue weighted by Gasteiger charge is -2.16. The van der Waals surface area contributed by atoms with Gasteiger partial charge < -0.3 is 15.0 Å². The third-order valence-corrected chi connectivity index (χ3v) is 3.51. The van der Waals surface area contributed by atoms with E-state index in [2.05, 4.69) is 5.32 Å². The van der Waals surface area contributed by atoms with E-state index in [0.29, 0.717) is 5.69 Å². The van der Waals surface area contributed by atoms with Crippen LogP contribution in [0.25, 0.3) is 0 Å². The van der Waals surface area contributed by atoms with Crippen molar-refractivity contribution in [3.63, 3.8) is 0 Å². The van der Waals surface area contributed by atoms with Gasteiger partial charge in [0.15, 0.2) is 0 Å². The highest BCUT2D eigenvalue weighted by molar-refractivity contribution is 5.95. The molecule has 0 bridgehead atoms. The molecule has 5 nitrogen and oxygen atoms in total. The molecule has 0 aliphatic carbocycles. The summed E-state index contributed by atoms with van der Waals surface area (Å²) >= 11 is 0. The Hall–Kier alpha value is -2.82. The van der Waals surface area contributed by atoms with Crippen LogP contribution in [0.15, 0.2) is 48.5 Å². The van der Waals surface area contributed by atoms with E-state index in [4.69, 9.17) is 4.74 Å². The van der Waals surface area contributed by atoms with Crippen molar-refractivity contribution in [2.45, 2.75) is 13.3 Å². The number of hydrogen-bond donors (Lipinski definition) is 1. The minimum absolute atomic E-state index is 0.0632. The van der Waals surface area contributed by atoms with E-state index in [-0.39, 0.29) is 18.2 Å². The number of carbonyl (C=O) groups excluding carboxylic acids is 2. The van der Waals surface area contributed by atoms with Crippen LogP contribution in [0, 0.1) is 0 Å². The Kier molecular flexibility index (Phi) is 5.36. The molecule has 0 saturated carbocycles. The number of methoxy groups -OCH3 is 1. The smallest absolute Gasteiger partial charge is 0.228 e. The fraction of sp³-hybridized carbons (Fsp3) is 0.222. The van der Waals surface area contributed by atoms with Crippen LogP contribution < -0.4 is 15.0 Å². The fourth-order valence-corrected chi connectivity index (χ4v) is 2.11. The first-order valence-electron chi connectivity index (χ1n) is 7.26. The van der Waals surface area contributed by atoms with E-state index in [9.17, 15) is 9.59 Å². The van der Waals surface area contributed by atoms with Crippen LogP contribution in [0.1, 0.15) is 12.5 Å². The Morgan fingerprint density at radius 3 is 2.43 bits per heavy atom. The van der Waals surface area contributed by atoms with E-state index in [0.717, 1.165) is 17.0 Å². The van der Waals surface area contributed by atoms with Gasteiger partial charge in [-0.15, -0.1) is 0 Å². The largest absolute Gasteiger partial charge is 0.497 e. The number of nitrogens with zero attached hydrogens (tertiary/aromatic N) is 1. The highest BCUT2D eigenvalue weighted by atomic mass is 16.5. The van der Waals surface area contributed by atoms with Crippen molar-refractivity contribution >= 4 is 23.2 Å². The molecule has 0 unspecified atom stereocenters. The molecule has 2 aromatic rings. The second-order valence-corrected chi connectivity index (χ2v) is 5.20. The van der Waals surface area contributed by atoms with Crippen LogP contribution in [0.2, 0.25) is 0 Å². The molecule has 0 atom stereocenters. The third kappa shape index (κ3) is 4.57. The average molecular weight is 312 g/mol. The van der Waals surface area contributed by atoms with Gasteiger partial charge in [-0.05, 0) is 35.9 Å². The second-order valence-electron chi connectivity index (χ2n) is 5.20. The van der Waals surface area contributed by atoms with Crippen molar-refractivity contribution < 1.29 is 14.3 Å². The Labute approximate surface area is 135 Å². The lowest BCUT2D eigenvalue weighted by atomic mass is 10.1. The van der Waals surface area contributed by atoms with Crippen molar-refractivity contribution in [3.05, 3.63) is 54.1 Å². The second kappa shape index (κ2) is 7.45. The number of amides is 2. The molecule has 5 heteroatoms. The molecule has 0 spiro atoms. The summed E-state index contributed by atoms with van der Waals surface area (Å²) in [5.74, 6) is 0.582. The standard InChI is InChI=1S/C18H20N2O3/c1-13(21)20(2)16-6-4-5-15(12-16)19-18(22)11-14-7-9-17(23-3)10-8-14/h4-10,12H,11H2,1-3H3,(H,19,22). The summed E-state index contributed by atoms with van der Waals surface area (Å²) in [5, 5.41) is 2.85. The van der Waals surface area contributed by atoms with Gasteiger partial charge in [0.05, 0.1) is 13.5 Å². The maximum absolute atomic E-state index is 12.1. The van der Waals surface area contributed by atoms with E-state index in [1.807, 2.05) is 30.3 Å². The van der Waals surface area contributed by atoms with Gasteiger partial charge in [0, 0.05) is 25.3 Å². The molecule has 0 heterocycles. The molecule has 0 saturated heterocycles. The van der Waals surface area contributed by atoms with Crippen LogP contribution in [0.5, 0.6) is 5.75 Å². The van der Waals surface area contributed by atoms with Crippen LogP contribution in [-0.4, -0.2) is 26.0 Å². The molecule has 0 fully saturated rings. The van der Waals surface area contributed by atoms with E-state index < -0.39 is 0 Å². The van der Waals surface area contributed by atoms with E-state index in [1.54, 1.807) is 32.4 Å². The van der Waals surface area contributed by atoms with Crippen molar-refractivity contribution in [3.8, 4) is 5.75 Å². The Bertz CT molecular complexity index is 696. The summed E-state index contributed by atoms with van der Waals surface area (Å²) < 4.78 is 5.09. The molecule has 1 N–H and O–H groups in total. The molecule has 0 aromatic heterocycles. The van der Waals surface area contributed by atoms with Crippen LogP contribution >= 0.6 is 0 Å². The van der Waals surface area contributed by atoms with Gasteiger partial charge in [-0.2, -0.15) is 0 Å². The Morgan fingerprint density at radius 2 is 1.83 bits per heavy atom. The number of rotatable bonds is 5. The number of carbonyl (C=O) groups is 2.